The Hall–Kier alpha value is -1.02. The van der Waals surface area contributed by atoms with Crippen molar-refractivity contribution in [3.63, 3.8) is 0 Å². The summed E-state index contributed by atoms with van der Waals surface area (Å²) >= 11 is 5.16. The smallest absolute Gasteiger partial charge is 0.413 e. The van der Waals surface area contributed by atoms with E-state index in [2.05, 4.69) is 0 Å². The summed E-state index contributed by atoms with van der Waals surface area (Å²) < 4.78 is 15.7. The quantitative estimate of drug-likeness (QED) is 0.819. The molecular formula is C10H8ClO3P. The SMILES string of the molecule is O=P(O)(Cl)Oc1cccc2ccccc12. The Morgan fingerprint density at radius 3 is 2.53 bits per heavy atom. The van der Waals surface area contributed by atoms with Crippen LogP contribution in [0.1, 0.15) is 0 Å². The van der Waals surface area contributed by atoms with Crippen LogP contribution < -0.4 is 4.52 Å². The molecule has 78 valence electrons. The Morgan fingerprint density at radius 1 is 1.13 bits per heavy atom. The number of rotatable bonds is 2. The molecule has 5 heteroatoms. The fourth-order valence-corrected chi connectivity index (χ4v) is 2.02. The second kappa shape index (κ2) is 3.86. The van der Waals surface area contributed by atoms with Crippen molar-refractivity contribution < 1.29 is 14.0 Å². The second-order valence-corrected chi connectivity index (χ2v) is 5.39. The van der Waals surface area contributed by atoms with Gasteiger partial charge < -0.3 is 9.42 Å². The molecule has 2 aromatic rings. The largest absolute Gasteiger partial charge is 0.474 e. The predicted octanol–water partition coefficient (Wildman–Crippen LogP) is 3.56. The van der Waals surface area contributed by atoms with Crippen molar-refractivity contribution in [1.29, 1.82) is 0 Å². The van der Waals surface area contributed by atoms with Crippen LogP contribution in [0.4, 0.5) is 0 Å². The molecular weight excluding hydrogens is 235 g/mol. The van der Waals surface area contributed by atoms with Gasteiger partial charge in [-0.2, -0.15) is 0 Å². The Balaban J connectivity index is 2.56. The van der Waals surface area contributed by atoms with E-state index in [1.807, 2.05) is 24.3 Å². The molecule has 0 aromatic heterocycles. The summed E-state index contributed by atoms with van der Waals surface area (Å²) in [4.78, 5) is 8.93. The second-order valence-electron chi connectivity index (χ2n) is 3.02. The molecule has 2 rings (SSSR count). The van der Waals surface area contributed by atoms with Crippen LogP contribution in [0.2, 0.25) is 0 Å². The molecule has 0 aliphatic carbocycles. The van der Waals surface area contributed by atoms with Crippen LogP contribution in [0, 0.1) is 0 Å². The highest BCUT2D eigenvalue weighted by atomic mass is 35.7. The van der Waals surface area contributed by atoms with Crippen molar-refractivity contribution in [2.24, 2.45) is 0 Å². The monoisotopic (exact) mass is 242 g/mol. The molecule has 1 atom stereocenters. The van der Waals surface area contributed by atoms with Crippen LogP contribution in [0.15, 0.2) is 42.5 Å². The van der Waals surface area contributed by atoms with E-state index < -0.39 is 6.95 Å². The predicted molar refractivity (Wildman–Crippen MR) is 60.3 cm³/mol. The molecule has 0 fully saturated rings. The van der Waals surface area contributed by atoms with Crippen molar-refractivity contribution in [3.05, 3.63) is 42.5 Å². The van der Waals surface area contributed by atoms with Crippen molar-refractivity contribution in [2.45, 2.75) is 0 Å². The molecule has 0 aliphatic heterocycles. The summed E-state index contributed by atoms with van der Waals surface area (Å²) in [6.45, 7) is -4.02. The number of fused-ring (bicyclic) bond motifs is 1. The third-order valence-electron chi connectivity index (χ3n) is 1.96. The third kappa shape index (κ3) is 2.51. The molecule has 0 spiro atoms. The van der Waals surface area contributed by atoms with Crippen LogP contribution in [-0.2, 0) is 4.57 Å². The zero-order chi connectivity index (χ0) is 10.9. The molecule has 1 N–H and O–H groups in total. The average Bonchev–Trinajstić information content (AvgIpc) is 2.16. The van der Waals surface area contributed by atoms with E-state index in [4.69, 9.17) is 20.7 Å². The first-order valence-electron chi connectivity index (χ1n) is 4.26. The number of hydrogen-bond donors (Lipinski definition) is 1. The van der Waals surface area contributed by atoms with Crippen LogP contribution in [0.3, 0.4) is 0 Å². The molecule has 0 saturated carbocycles. The van der Waals surface area contributed by atoms with Gasteiger partial charge in [0, 0.05) is 16.6 Å². The van der Waals surface area contributed by atoms with Crippen LogP contribution >= 0.6 is 18.2 Å². The number of halogens is 1. The van der Waals surface area contributed by atoms with Crippen LogP contribution in [0.25, 0.3) is 10.8 Å². The molecule has 0 aliphatic rings. The van der Waals surface area contributed by atoms with Crippen LogP contribution in [-0.4, -0.2) is 4.89 Å². The summed E-state index contributed by atoms with van der Waals surface area (Å²) in [6.07, 6.45) is 0. The lowest BCUT2D eigenvalue weighted by molar-refractivity contribution is 0.402. The molecule has 0 radical (unpaired) electrons. The average molecular weight is 243 g/mol. The van der Waals surface area contributed by atoms with E-state index >= 15 is 0 Å². The summed E-state index contributed by atoms with van der Waals surface area (Å²) in [5.74, 6) is 0.314. The van der Waals surface area contributed by atoms with E-state index in [1.54, 1.807) is 18.2 Å². The van der Waals surface area contributed by atoms with Gasteiger partial charge in [0.15, 0.2) is 0 Å². The number of hydrogen-bond acceptors (Lipinski definition) is 2. The molecule has 1 unspecified atom stereocenters. The van der Waals surface area contributed by atoms with E-state index in [0.29, 0.717) is 5.75 Å². The van der Waals surface area contributed by atoms with Gasteiger partial charge in [0.1, 0.15) is 5.75 Å². The van der Waals surface area contributed by atoms with Crippen molar-refractivity contribution in [2.75, 3.05) is 0 Å². The highest BCUT2D eigenvalue weighted by Crippen LogP contribution is 2.48. The third-order valence-corrected chi connectivity index (χ3v) is 2.59. The first kappa shape index (κ1) is 10.5. The standard InChI is InChI=1S/C10H8ClO3P/c11-15(12,13)14-10-7-3-5-8-4-1-2-6-9(8)10/h1-7H,(H,12,13). The minimum atomic E-state index is -4.02. The topological polar surface area (TPSA) is 46.5 Å². The van der Waals surface area contributed by atoms with E-state index in [1.165, 1.54) is 0 Å². The molecule has 0 amide bonds. The van der Waals surface area contributed by atoms with Crippen LogP contribution in [0.5, 0.6) is 5.75 Å². The van der Waals surface area contributed by atoms with Gasteiger partial charge in [-0.1, -0.05) is 36.4 Å². The maximum absolute atomic E-state index is 10.9. The fourth-order valence-electron chi connectivity index (χ4n) is 1.40. The Morgan fingerprint density at radius 2 is 1.80 bits per heavy atom. The highest BCUT2D eigenvalue weighted by molar-refractivity contribution is 7.80. The summed E-state index contributed by atoms with van der Waals surface area (Å²) in [6, 6.07) is 12.6. The Kier molecular flexibility index (Phi) is 2.70. The lowest BCUT2D eigenvalue weighted by Crippen LogP contribution is -1.86. The first-order chi connectivity index (χ1) is 7.06. The lowest BCUT2D eigenvalue weighted by atomic mass is 10.1. The van der Waals surface area contributed by atoms with E-state index in [-0.39, 0.29) is 0 Å². The summed E-state index contributed by atoms with van der Waals surface area (Å²) in [7, 11) is 0. The Bertz CT molecular complexity index is 530. The summed E-state index contributed by atoms with van der Waals surface area (Å²) in [5.41, 5.74) is 0. The maximum Gasteiger partial charge on any atom is 0.474 e. The normalized spacial score (nSPS) is 14.8. The highest BCUT2D eigenvalue weighted by Gasteiger charge is 2.17. The number of benzene rings is 2. The fraction of sp³-hybridized carbons (Fsp3) is 0. The molecule has 0 bridgehead atoms. The van der Waals surface area contributed by atoms with Gasteiger partial charge in [0.25, 0.3) is 0 Å². The zero-order valence-electron chi connectivity index (χ0n) is 7.63. The van der Waals surface area contributed by atoms with Crippen molar-refractivity contribution >= 4 is 29.0 Å². The molecule has 0 heterocycles. The molecule has 15 heavy (non-hydrogen) atoms. The van der Waals surface area contributed by atoms with Gasteiger partial charge >= 0.3 is 6.95 Å². The Labute approximate surface area is 91.6 Å². The van der Waals surface area contributed by atoms with Crippen molar-refractivity contribution in [1.82, 2.24) is 0 Å². The minimum absolute atomic E-state index is 0.314. The maximum atomic E-state index is 10.9. The zero-order valence-corrected chi connectivity index (χ0v) is 9.28. The minimum Gasteiger partial charge on any atom is -0.413 e. The van der Waals surface area contributed by atoms with Crippen molar-refractivity contribution in [3.8, 4) is 5.75 Å². The molecule has 0 saturated heterocycles. The van der Waals surface area contributed by atoms with E-state index in [0.717, 1.165) is 10.8 Å². The summed E-state index contributed by atoms with van der Waals surface area (Å²) in [5, 5.41) is 1.69. The van der Waals surface area contributed by atoms with Gasteiger partial charge in [0.2, 0.25) is 0 Å². The van der Waals surface area contributed by atoms with Gasteiger partial charge in [-0.05, 0) is 11.5 Å². The van der Waals surface area contributed by atoms with Gasteiger partial charge in [-0.15, -0.1) is 0 Å². The molecule has 2 aromatic carbocycles. The van der Waals surface area contributed by atoms with Gasteiger partial charge in [0.05, 0.1) is 0 Å². The lowest BCUT2D eigenvalue weighted by Gasteiger charge is -2.08. The van der Waals surface area contributed by atoms with Gasteiger partial charge in [-0.25, -0.2) is 4.57 Å². The molecule has 3 nitrogen and oxygen atoms in total. The first-order valence-corrected chi connectivity index (χ1v) is 6.74. The van der Waals surface area contributed by atoms with E-state index in [9.17, 15) is 4.57 Å². The van der Waals surface area contributed by atoms with Gasteiger partial charge in [-0.3, -0.25) is 0 Å².